The molecule has 82 valence electrons. The van der Waals surface area contributed by atoms with Gasteiger partial charge in [0.15, 0.2) is 0 Å². The Bertz CT molecular complexity index is 623. The quantitative estimate of drug-likeness (QED) is 0.753. The highest BCUT2D eigenvalue weighted by atomic mass is 19.1. The van der Waals surface area contributed by atoms with Gasteiger partial charge in [-0.25, -0.2) is 14.2 Å². The van der Waals surface area contributed by atoms with Gasteiger partial charge in [-0.15, -0.1) is 0 Å². The van der Waals surface area contributed by atoms with Crippen LogP contribution in [0.5, 0.6) is 0 Å². The van der Waals surface area contributed by atoms with E-state index >= 15 is 0 Å². The molecule has 0 bridgehead atoms. The van der Waals surface area contributed by atoms with Gasteiger partial charge in [0.05, 0.1) is 6.20 Å². The standard InChI is InChI=1S/C9H6FN3O3/c10-5-1-2-7-11-3-6(12-9(15)16)8(14)13(7)4-5/h1-4,12H,(H,15,16). The Morgan fingerprint density at radius 1 is 1.50 bits per heavy atom. The van der Waals surface area contributed by atoms with Crippen LogP contribution in [-0.2, 0) is 0 Å². The summed E-state index contributed by atoms with van der Waals surface area (Å²) >= 11 is 0. The molecule has 0 aliphatic carbocycles. The first kappa shape index (κ1) is 10.1. The number of fused-ring (bicyclic) bond motifs is 1. The van der Waals surface area contributed by atoms with Crippen LogP contribution in [0.15, 0.2) is 29.3 Å². The van der Waals surface area contributed by atoms with Crippen molar-refractivity contribution < 1.29 is 14.3 Å². The maximum Gasteiger partial charge on any atom is 0.409 e. The third-order valence-corrected chi connectivity index (χ3v) is 1.91. The molecule has 6 nitrogen and oxygen atoms in total. The Morgan fingerprint density at radius 3 is 2.94 bits per heavy atom. The molecule has 2 heterocycles. The molecule has 0 saturated carbocycles. The smallest absolute Gasteiger partial charge is 0.409 e. The van der Waals surface area contributed by atoms with E-state index in [1.165, 1.54) is 6.07 Å². The van der Waals surface area contributed by atoms with E-state index in [2.05, 4.69) is 4.98 Å². The van der Waals surface area contributed by atoms with Crippen LogP contribution in [0.1, 0.15) is 0 Å². The Morgan fingerprint density at radius 2 is 2.25 bits per heavy atom. The van der Waals surface area contributed by atoms with Crippen molar-refractivity contribution in [3.63, 3.8) is 0 Å². The van der Waals surface area contributed by atoms with E-state index in [1.54, 1.807) is 0 Å². The zero-order chi connectivity index (χ0) is 11.7. The lowest BCUT2D eigenvalue weighted by atomic mass is 10.4. The third kappa shape index (κ3) is 1.70. The summed E-state index contributed by atoms with van der Waals surface area (Å²) in [7, 11) is 0. The summed E-state index contributed by atoms with van der Waals surface area (Å²) in [5, 5.41) is 10.3. The van der Waals surface area contributed by atoms with E-state index in [-0.39, 0.29) is 11.3 Å². The molecule has 0 radical (unpaired) electrons. The van der Waals surface area contributed by atoms with Gasteiger partial charge in [-0.3, -0.25) is 14.5 Å². The van der Waals surface area contributed by atoms with E-state index in [0.717, 1.165) is 22.9 Å². The molecule has 0 atom stereocenters. The van der Waals surface area contributed by atoms with Gasteiger partial charge < -0.3 is 5.11 Å². The predicted molar refractivity (Wildman–Crippen MR) is 53.1 cm³/mol. The van der Waals surface area contributed by atoms with Crippen LogP contribution in [0.2, 0.25) is 0 Å². The number of nitrogens with zero attached hydrogens (tertiary/aromatic N) is 2. The van der Waals surface area contributed by atoms with Crippen molar-refractivity contribution in [2.45, 2.75) is 0 Å². The first-order chi connectivity index (χ1) is 7.58. The lowest BCUT2D eigenvalue weighted by Gasteiger charge is -2.03. The van der Waals surface area contributed by atoms with Crippen molar-refractivity contribution in [3.05, 3.63) is 40.7 Å². The fraction of sp³-hybridized carbons (Fsp3) is 0. The molecule has 0 unspecified atom stereocenters. The molecule has 16 heavy (non-hydrogen) atoms. The monoisotopic (exact) mass is 223 g/mol. The minimum absolute atomic E-state index is 0.226. The molecule has 0 aliphatic heterocycles. The lowest BCUT2D eigenvalue weighted by Crippen LogP contribution is -2.22. The van der Waals surface area contributed by atoms with Crippen LogP contribution in [0.4, 0.5) is 14.9 Å². The maximum absolute atomic E-state index is 12.9. The number of amides is 1. The van der Waals surface area contributed by atoms with Crippen molar-refractivity contribution in [2.75, 3.05) is 5.32 Å². The van der Waals surface area contributed by atoms with Crippen LogP contribution in [-0.4, -0.2) is 20.6 Å². The number of carbonyl (C=O) groups is 1. The minimum Gasteiger partial charge on any atom is -0.465 e. The molecule has 0 aliphatic rings. The number of hydrogen-bond donors (Lipinski definition) is 2. The Labute approximate surface area is 88.0 Å². The van der Waals surface area contributed by atoms with Crippen molar-refractivity contribution in [2.24, 2.45) is 0 Å². The van der Waals surface area contributed by atoms with Crippen LogP contribution in [0.25, 0.3) is 5.65 Å². The first-order valence-corrected chi connectivity index (χ1v) is 4.25. The van der Waals surface area contributed by atoms with Gasteiger partial charge in [0, 0.05) is 6.20 Å². The summed E-state index contributed by atoms with van der Waals surface area (Å²) in [6.45, 7) is 0. The highest BCUT2D eigenvalue weighted by Crippen LogP contribution is 2.03. The summed E-state index contributed by atoms with van der Waals surface area (Å²) < 4.78 is 13.8. The van der Waals surface area contributed by atoms with Gasteiger partial charge in [0.2, 0.25) is 0 Å². The fourth-order valence-corrected chi connectivity index (χ4v) is 1.25. The highest BCUT2D eigenvalue weighted by molar-refractivity contribution is 5.82. The minimum atomic E-state index is -1.38. The van der Waals surface area contributed by atoms with Gasteiger partial charge in [-0.2, -0.15) is 0 Å². The van der Waals surface area contributed by atoms with Gasteiger partial charge in [-0.05, 0) is 12.1 Å². The molecule has 2 aromatic heterocycles. The van der Waals surface area contributed by atoms with Crippen LogP contribution in [0.3, 0.4) is 0 Å². The molecule has 0 fully saturated rings. The number of halogens is 1. The molecule has 2 N–H and O–H groups in total. The second kappa shape index (κ2) is 3.61. The first-order valence-electron chi connectivity index (χ1n) is 4.25. The summed E-state index contributed by atoms with van der Waals surface area (Å²) in [5.41, 5.74) is -0.662. The molecule has 0 saturated heterocycles. The lowest BCUT2D eigenvalue weighted by molar-refractivity contribution is 0.209. The molecule has 2 aromatic rings. The normalized spacial score (nSPS) is 10.3. The summed E-state index contributed by atoms with van der Waals surface area (Å²) in [5.74, 6) is -0.608. The van der Waals surface area contributed by atoms with Crippen LogP contribution in [0, 0.1) is 5.82 Å². The summed E-state index contributed by atoms with van der Waals surface area (Å²) in [4.78, 5) is 25.8. The molecular formula is C9H6FN3O3. The van der Waals surface area contributed by atoms with E-state index in [1.807, 2.05) is 5.32 Å². The highest BCUT2D eigenvalue weighted by Gasteiger charge is 2.07. The Balaban J connectivity index is 2.68. The Kier molecular flexibility index (Phi) is 2.28. The second-order valence-corrected chi connectivity index (χ2v) is 2.98. The average Bonchev–Trinajstić information content (AvgIpc) is 2.22. The van der Waals surface area contributed by atoms with Gasteiger partial charge in [0.25, 0.3) is 5.56 Å². The van der Waals surface area contributed by atoms with Gasteiger partial charge >= 0.3 is 6.09 Å². The average molecular weight is 223 g/mol. The van der Waals surface area contributed by atoms with Crippen molar-refractivity contribution >= 4 is 17.4 Å². The number of anilines is 1. The zero-order valence-electron chi connectivity index (χ0n) is 7.85. The van der Waals surface area contributed by atoms with Crippen molar-refractivity contribution in [1.29, 1.82) is 0 Å². The molecular weight excluding hydrogens is 217 g/mol. The third-order valence-electron chi connectivity index (χ3n) is 1.91. The van der Waals surface area contributed by atoms with Gasteiger partial charge in [-0.1, -0.05) is 0 Å². The van der Waals surface area contributed by atoms with Crippen LogP contribution < -0.4 is 10.9 Å². The predicted octanol–water partition coefficient (Wildman–Crippen LogP) is 0.923. The number of nitrogens with one attached hydrogen (secondary N) is 1. The second-order valence-electron chi connectivity index (χ2n) is 2.98. The van der Waals surface area contributed by atoms with E-state index < -0.39 is 17.5 Å². The number of carboxylic acid groups (broad SMARTS) is 1. The number of rotatable bonds is 1. The van der Waals surface area contributed by atoms with E-state index in [9.17, 15) is 14.0 Å². The largest absolute Gasteiger partial charge is 0.465 e. The molecule has 0 spiro atoms. The summed E-state index contributed by atoms with van der Waals surface area (Å²) in [6, 6.07) is 2.48. The Hall–Kier alpha value is -2.44. The van der Waals surface area contributed by atoms with Crippen molar-refractivity contribution in [1.82, 2.24) is 9.38 Å². The molecule has 1 amide bonds. The van der Waals surface area contributed by atoms with E-state index in [0.29, 0.717) is 0 Å². The van der Waals surface area contributed by atoms with Crippen LogP contribution >= 0.6 is 0 Å². The van der Waals surface area contributed by atoms with Gasteiger partial charge in [0.1, 0.15) is 17.2 Å². The summed E-state index contributed by atoms with van der Waals surface area (Å²) in [6.07, 6.45) is 0.650. The maximum atomic E-state index is 12.9. The number of aromatic nitrogens is 2. The molecule has 0 aromatic carbocycles. The van der Waals surface area contributed by atoms with Crippen molar-refractivity contribution in [3.8, 4) is 0 Å². The SMILES string of the molecule is O=C(O)Nc1cnc2ccc(F)cn2c1=O. The fourth-order valence-electron chi connectivity index (χ4n) is 1.25. The molecule has 7 heteroatoms. The number of hydrogen-bond acceptors (Lipinski definition) is 3. The zero-order valence-corrected chi connectivity index (χ0v) is 7.85. The number of pyridine rings is 1. The van der Waals surface area contributed by atoms with E-state index in [4.69, 9.17) is 5.11 Å². The topological polar surface area (TPSA) is 83.7 Å². The molecule has 2 rings (SSSR count).